The summed E-state index contributed by atoms with van der Waals surface area (Å²) >= 11 is 0. The molecule has 24 heavy (non-hydrogen) atoms. The number of hydrogen-bond donors (Lipinski definition) is 1. The van der Waals surface area contributed by atoms with Crippen LogP contribution in [0.15, 0.2) is 24.3 Å². The lowest BCUT2D eigenvalue weighted by atomic mass is 9.93. The topological polar surface area (TPSA) is 75.7 Å². The number of amides is 1. The minimum Gasteiger partial charge on any atom is -0.476 e. The molecule has 1 aliphatic rings. The minimum absolute atomic E-state index is 0.00459. The average molecular weight is 354 g/mol. The zero-order chi connectivity index (χ0) is 18.1. The van der Waals surface area contributed by atoms with Crippen molar-refractivity contribution in [1.29, 1.82) is 0 Å². The molecule has 0 bridgehead atoms. The lowest BCUT2D eigenvalue weighted by Crippen LogP contribution is -2.54. The first-order valence-corrected chi connectivity index (χ1v) is 10.00. The Kier molecular flexibility index (Phi) is 5.42. The molecule has 0 aliphatic carbocycles. The van der Waals surface area contributed by atoms with Crippen LogP contribution in [0.25, 0.3) is 0 Å². The van der Waals surface area contributed by atoms with Crippen molar-refractivity contribution < 1.29 is 17.9 Å². The van der Waals surface area contributed by atoms with E-state index in [9.17, 15) is 13.2 Å². The Labute approximate surface area is 144 Å². The lowest BCUT2D eigenvalue weighted by molar-refractivity contribution is -0.129. The van der Waals surface area contributed by atoms with E-state index in [1.54, 1.807) is 24.3 Å². The van der Waals surface area contributed by atoms with Gasteiger partial charge in [-0.2, -0.15) is 0 Å². The van der Waals surface area contributed by atoms with Gasteiger partial charge >= 0.3 is 0 Å². The van der Waals surface area contributed by atoms with Crippen LogP contribution < -0.4 is 14.4 Å². The molecule has 0 aromatic heterocycles. The third kappa shape index (κ3) is 4.01. The van der Waals surface area contributed by atoms with Crippen molar-refractivity contribution in [1.82, 2.24) is 5.32 Å². The minimum atomic E-state index is -3.49. The monoisotopic (exact) mass is 354 g/mol. The number of carbonyl (C=O) groups is 1. The van der Waals surface area contributed by atoms with E-state index in [0.717, 1.165) is 6.26 Å². The van der Waals surface area contributed by atoms with Crippen molar-refractivity contribution in [3.8, 4) is 5.75 Å². The van der Waals surface area contributed by atoms with E-state index in [1.807, 2.05) is 27.7 Å². The second-order valence-corrected chi connectivity index (χ2v) is 8.80. The van der Waals surface area contributed by atoms with Crippen molar-refractivity contribution in [2.75, 3.05) is 17.1 Å². The molecule has 6 nitrogen and oxygen atoms in total. The van der Waals surface area contributed by atoms with E-state index in [2.05, 4.69) is 5.32 Å². The van der Waals surface area contributed by atoms with Gasteiger partial charge in [0.05, 0.1) is 18.5 Å². The molecule has 7 heteroatoms. The predicted molar refractivity (Wildman–Crippen MR) is 94.7 cm³/mol. The van der Waals surface area contributed by atoms with Crippen molar-refractivity contribution in [3.05, 3.63) is 24.3 Å². The number of nitrogens with one attached hydrogen (secondary N) is 1. The number of rotatable bonds is 5. The highest BCUT2D eigenvalue weighted by Gasteiger charge is 2.36. The van der Waals surface area contributed by atoms with Gasteiger partial charge in [-0.25, -0.2) is 8.42 Å². The van der Waals surface area contributed by atoms with Gasteiger partial charge in [-0.15, -0.1) is 0 Å². The van der Waals surface area contributed by atoms with Crippen LogP contribution in [0.1, 0.15) is 27.7 Å². The van der Waals surface area contributed by atoms with Gasteiger partial charge in [-0.05, 0) is 24.0 Å². The first-order chi connectivity index (χ1) is 11.1. The molecule has 1 aromatic rings. The van der Waals surface area contributed by atoms with Crippen LogP contribution in [-0.2, 0) is 14.8 Å². The van der Waals surface area contributed by atoms with Gasteiger partial charge in [-0.1, -0.05) is 39.8 Å². The van der Waals surface area contributed by atoms with Gasteiger partial charge in [0, 0.05) is 6.04 Å². The Morgan fingerprint density at radius 3 is 2.33 bits per heavy atom. The Balaban J connectivity index is 2.25. The molecule has 0 spiro atoms. The van der Waals surface area contributed by atoms with Gasteiger partial charge in [-0.3, -0.25) is 9.10 Å². The molecule has 0 unspecified atom stereocenters. The van der Waals surface area contributed by atoms with E-state index in [4.69, 9.17) is 4.74 Å². The van der Waals surface area contributed by atoms with Crippen LogP contribution in [0.3, 0.4) is 0 Å². The number of ether oxygens (including phenoxy) is 1. The number of anilines is 1. The summed E-state index contributed by atoms with van der Waals surface area (Å²) < 4.78 is 31.2. The molecule has 1 heterocycles. The molecule has 1 aliphatic heterocycles. The molecule has 1 atom stereocenters. The summed E-state index contributed by atoms with van der Waals surface area (Å²) in [5, 5.41) is 3.00. The number of hydrogen-bond acceptors (Lipinski definition) is 4. The van der Waals surface area contributed by atoms with E-state index in [0.29, 0.717) is 11.4 Å². The summed E-state index contributed by atoms with van der Waals surface area (Å²) in [5.41, 5.74) is 0.466. The third-order valence-corrected chi connectivity index (χ3v) is 5.32. The number of sulfonamides is 1. The highest BCUT2D eigenvalue weighted by molar-refractivity contribution is 7.92. The van der Waals surface area contributed by atoms with Crippen molar-refractivity contribution in [2.24, 2.45) is 11.8 Å². The van der Waals surface area contributed by atoms with Crippen LogP contribution in [0.2, 0.25) is 0 Å². The molecule has 134 valence electrons. The molecule has 2 rings (SSSR count). The second kappa shape index (κ2) is 7.01. The molecular weight excluding hydrogens is 328 g/mol. The molecule has 0 fully saturated rings. The number of fused-ring (bicyclic) bond motifs is 1. The van der Waals surface area contributed by atoms with Crippen LogP contribution >= 0.6 is 0 Å². The van der Waals surface area contributed by atoms with Crippen molar-refractivity contribution in [2.45, 2.75) is 39.8 Å². The zero-order valence-corrected chi connectivity index (χ0v) is 15.6. The third-order valence-electron chi connectivity index (χ3n) is 4.17. The fraction of sp³-hybridized carbons (Fsp3) is 0.588. The second-order valence-electron chi connectivity index (χ2n) is 6.89. The normalized spacial score (nSPS) is 17.8. The van der Waals surface area contributed by atoms with Gasteiger partial charge in [0.15, 0.2) is 6.10 Å². The van der Waals surface area contributed by atoms with Crippen LogP contribution in [-0.4, -0.2) is 39.3 Å². The smallest absolute Gasteiger partial charge is 0.263 e. The Morgan fingerprint density at radius 1 is 1.21 bits per heavy atom. The quantitative estimate of drug-likeness (QED) is 0.878. The molecule has 1 N–H and O–H groups in total. The fourth-order valence-corrected chi connectivity index (χ4v) is 3.93. The Hall–Kier alpha value is -1.76. The standard InChI is InChI=1S/C17H26N2O4S/c1-11(2)16(12(3)4)18-17(20)15-10-19(24(5,21)22)13-8-6-7-9-14(13)23-15/h6-9,11-12,15-16H,10H2,1-5H3,(H,18,20)/t15-/m0/s1. The predicted octanol–water partition coefficient (Wildman–Crippen LogP) is 2.01. The average Bonchev–Trinajstić information content (AvgIpc) is 2.49. The first kappa shape index (κ1) is 18.6. The van der Waals surface area contributed by atoms with Gasteiger partial charge in [0.25, 0.3) is 5.91 Å². The molecule has 0 saturated heterocycles. The summed E-state index contributed by atoms with van der Waals surface area (Å²) in [7, 11) is -3.49. The maximum atomic E-state index is 12.6. The zero-order valence-electron chi connectivity index (χ0n) is 14.8. The highest BCUT2D eigenvalue weighted by atomic mass is 32.2. The summed E-state index contributed by atoms with van der Waals surface area (Å²) in [6, 6.07) is 6.86. The first-order valence-electron chi connectivity index (χ1n) is 8.15. The fourth-order valence-electron chi connectivity index (χ4n) is 3.01. The summed E-state index contributed by atoms with van der Waals surface area (Å²) in [4.78, 5) is 12.6. The van der Waals surface area contributed by atoms with Crippen LogP contribution in [0, 0.1) is 11.8 Å². The Morgan fingerprint density at radius 2 is 1.79 bits per heavy atom. The van der Waals surface area contributed by atoms with Crippen LogP contribution in [0.4, 0.5) is 5.69 Å². The lowest BCUT2D eigenvalue weighted by Gasteiger charge is -2.35. The highest BCUT2D eigenvalue weighted by Crippen LogP contribution is 2.34. The number of nitrogens with zero attached hydrogens (tertiary/aromatic N) is 1. The molecular formula is C17H26N2O4S. The van der Waals surface area contributed by atoms with Crippen molar-refractivity contribution >= 4 is 21.6 Å². The molecule has 1 amide bonds. The van der Waals surface area contributed by atoms with E-state index in [1.165, 1.54) is 4.31 Å². The number of carbonyl (C=O) groups excluding carboxylic acids is 1. The molecule has 0 radical (unpaired) electrons. The van der Waals surface area contributed by atoms with Crippen molar-refractivity contribution in [3.63, 3.8) is 0 Å². The maximum Gasteiger partial charge on any atom is 0.263 e. The largest absolute Gasteiger partial charge is 0.476 e. The molecule has 1 aromatic carbocycles. The summed E-state index contributed by atoms with van der Waals surface area (Å²) in [6.07, 6.45) is 0.268. The van der Waals surface area contributed by atoms with E-state index >= 15 is 0 Å². The molecule has 0 saturated carbocycles. The Bertz CT molecular complexity index is 692. The SMILES string of the molecule is CC(C)C(NC(=O)[C@@H]1CN(S(C)(=O)=O)c2ccccc2O1)C(C)C. The summed E-state index contributed by atoms with van der Waals surface area (Å²) in [5.74, 6) is 0.664. The maximum absolute atomic E-state index is 12.6. The summed E-state index contributed by atoms with van der Waals surface area (Å²) in [6.45, 7) is 8.16. The number of benzene rings is 1. The van der Waals surface area contributed by atoms with Gasteiger partial charge < -0.3 is 10.1 Å². The number of para-hydroxylation sites is 2. The van der Waals surface area contributed by atoms with Gasteiger partial charge in [0.2, 0.25) is 10.0 Å². The van der Waals surface area contributed by atoms with Gasteiger partial charge in [0.1, 0.15) is 5.75 Å². The van der Waals surface area contributed by atoms with E-state index in [-0.39, 0.29) is 30.3 Å². The van der Waals surface area contributed by atoms with Crippen LogP contribution in [0.5, 0.6) is 5.75 Å². The van der Waals surface area contributed by atoms with E-state index < -0.39 is 16.1 Å².